The van der Waals surface area contributed by atoms with E-state index in [1.165, 1.54) is 46.8 Å². The molecule has 20 heteroatoms. The van der Waals surface area contributed by atoms with Crippen LogP contribution in [-0.4, -0.2) is 105 Å². The number of methoxy groups -OCH3 is 3. The van der Waals surface area contributed by atoms with E-state index in [0.717, 1.165) is 69.9 Å². The average molecular weight is 1110 g/mol. The molecule has 416 valence electrons. The highest BCUT2D eigenvalue weighted by molar-refractivity contribution is 6.31. The molecule has 0 amide bonds. The van der Waals surface area contributed by atoms with E-state index >= 15 is 9.59 Å². The highest BCUT2D eigenvalue weighted by Gasteiger charge is 2.58. The zero-order valence-electron chi connectivity index (χ0n) is 45.2. The second-order valence-electron chi connectivity index (χ2n) is 20.0. The first-order valence-corrected chi connectivity index (χ1v) is 25.3. The molecule has 0 aromatic heterocycles. The highest BCUT2D eigenvalue weighted by Crippen LogP contribution is 2.60. The average Bonchev–Trinajstić information content (AvgIpc) is 2.83. The Morgan fingerprint density at radius 1 is 0.432 bits per heavy atom. The largest absolute Gasteiger partial charge is 0.507 e. The molecule has 0 bridgehead atoms. The molecule has 0 fully saturated rings. The molecule has 0 aliphatic heterocycles. The summed E-state index contributed by atoms with van der Waals surface area (Å²) in [4.78, 5) is 130. The molecule has 6 N–H and O–H groups in total. The van der Waals surface area contributed by atoms with Crippen LogP contribution in [-0.2, 0) is 44.5 Å². The number of hydrogen-bond donors (Lipinski definition) is 6. The van der Waals surface area contributed by atoms with Gasteiger partial charge in [-0.25, -0.2) is 14.4 Å². The number of carbonyl (C=O) groups is 9. The number of phenolic OH excluding ortho intramolecular Hbond substituents is 6. The number of hydrogen-bond acceptors (Lipinski definition) is 20. The first-order valence-electron chi connectivity index (χ1n) is 25.3. The summed E-state index contributed by atoms with van der Waals surface area (Å²) < 4.78 is 28.0. The fourth-order valence-corrected chi connectivity index (χ4v) is 11.4. The number of carbonyl (C=O) groups excluding carboxylic acids is 9. The summed E-state index contributed by atoms with van der Waals surface area (Å²) in [6.45, 7) is 10.0. The van der Waals surface area contributed by atoms with Crippen molar-refractivity contribution in [1.82, 2.24) is 0 Å². The second-order valence-corrected chi connectivity index (χ2v) is 20.0. The van der Waals surface area contributed by atoms with Crippen LogP contribution in [0, 0.1) is 32.6 Å². The van der Waals surface area contributed by atoms with Crippen molar-refractivity contribution in [1.29, 1.82) is 0 Å². The lowest BCUT2D eigenvalue weighted by molar-refractivity contribution is -0.159. The Balaban J connectivity index is 1.49. The fraction of sp³-hybridized carbons (Fsp3) is 0.262. The van der Waals surface area contributed by atoms with Crippen LogP contribution in [0.2, 0.25) is 0 Å². The normalized spacial score (nSPS) is 17.3. The Morgan fingerprint density at radius 2 is 0.815 bits per heavy atom. The summed E-state index contributed by atoms with van der Waals surface area (Å²) in [5.74, 6) is -16.6. The Bertz CT molecular complexity index is 3920. The molecule has 0 heterocycles. The molecule has 3 aliphatic rings. The molecule has 81 heavy (non-hydrogen) atoms. The summed E-state index contributed by atoms with van der Waals surface area (Å²) in [5.41, 5.74) is -15.0. The van der Waals surface area contributed by atoms with Crippen molar-refractivity contribution in [2.45, 2.75) is 72.5 Å². The highest BCUT2D eigenvalue weighted by atomic mass is 16.6. The zero-order valence-corrected chi connectivity index (χ0v) is 45.2. The van der Waals surface area contributed by atoms with Crippen molar-refractivity contribution in [2.75, 3.05) is 21.3 Å². The van der Waals surface area contributed by atoms with Crippen LogP contribution < -0.4 is 0 Å². The standard InChI is InChI=1S/C61H52O20/c1-11-23(3)55(72)80-60(30-14-13-15-36(62)47(30)53(70)41-26(6)44(58(75)78-9)38(64)21-34(41)60)33-19-18-31-48(51(33)68)54(71)42-27(7)45(59(76)79-10)39(65)22-35(42)61(31,81-56(73)24(4)12-2)32-17-16-28-46(50(32)67)52(69)40-25(5)43(57(74)77-8)37(63)20-29(40)49(28)66/h13-24,62-65,67-68H,11-12H2,1-10H3/t23-,24-,60-,61-/m1/s1. The van der Waals surface area contributed by atoms with E-state index in [4.69, 9.17) is 23.7 Å². The molecule has 6 aromatic rings. The quantitative estimate of drug-likeness (QED) is 0.0531. The number of rotatable bonds is 11. The Morgan fingerprint density at radius 3 is 1.27 bits per heavy atom. The molecule has 0 saturated heterocycles. The van der Waals surface area contributed by atoms with Gasteiger partial charge in [0.2, 0.25) is 0 Å². The summed E-state index contributed by atoms with van der Waals surface area (Å²) in [6, 6.07) is 10.9. The van der Waals surface area contributed by atoms with Gasteiger partial charge in [-0.1, -0.05) is 52.0 Å². The minimum absolute atomic E-state index is 0.107. The first-order chi connectivity index (χ1) is 38.3. The lowest BCUT2D eigenvalue weighted by atomic mass is 9.64. The van der Waals surface area contributed by atoms with E-state index < -0.39 is 188 Å². The summed E-state index contributed by atoms with van der Waals surface area (Å²) in [5, 5.41) is 72.7. The molecule has 0 saturated carbocycles. The van der Waals surface area contributed by atoms with Gasteiger partial charge < -0.3 is 54.3 Å². The Kier molecular flexibility index (Phi) is 13.7. The van der Waals surface area contributed by atoms with E-state index in [2.05, 4.69) is 0 Å². The molecular formula is C61H52O20. The molecule has 6 aromatic carbocycles. The number of esters is 5. The van der Waals surface area contributed by atoms with Crippen LogP contribution in [0.15, 0.2) is 60.7 Å². The molecule has 4 atom stereocenters. The molecule has 3 aliphatic carbocycles. The van der Waals surface area contributed by atoms with Crippen molar-refractivity contribution < 1.29 is 97.5 Å². The summed E-state index contributed by atoms with van der Waals surface area (Å²) in [7, 11) is 3.03. The lowest BCUT2D eigenvalue weighted by Crippen LogP contribution is -2.45. The summed E-state index contributed by atoms with van der Waals surface area (Å²) in [6.07, 6.45) is 0.262. The molecule has 9 rings (SSSR count). The van der Waals surface area contributed by atoms with Gasteiger partial charge in [0, 0.05) is 61.2 Å². The van der Waals surface area contributed by atoms with Crippen LogP contribution in [0.3, 0.4) is 0 Å². The van der Waals surface area contributed by atoms with Crippen molar-refractivity contribution in [3.8, 4) is 34.5 Å². The molecule has 20 nitrogen and oxygen atoms in total. The maximum Gasteiger partial charge on any atom is 0.341 e. The van der Waals surface area contributed by atoms with Gasteiger partial charge in [-0.15, -0.1) is 0 Å². The molecular weight excluding hydrogens is 1050 g/mol. The van der Waals surface area contributed by atoms with E-state index in [9.17, 15) is 64.2 Å². The van der Waals surface area contributed by atoms with Gasteiger partial charge in [0.15, 0.2) is 34.3 Å². The number of aromatic hydroxyl groups is 6. The molecule has 0 radical (unpaired) electrons. The van der Waals surface area contributed by atoms with Crippen molar-refractivity contribution in [3.63, 3.8) is 0 Å². The van der Waals surface area contributed by atoms with Gasteiger partial charge in [-0.05, 0) is 86.7 Å². The topological polar surface area (TPSA) is 321 Å². The van der Waals surface area contributed by atoms with Gasteiger partial charge in [0.05, 0.1) is 49.9 Å². The number of benzene rings is 6. The fourth-order valence-electron chi connectivity index (χ4n) is 11.4. The third-order valence-electron chi connectivity index (χ3n) is 15.9. The van der Waals surface area contributed by atoms with Crippen LogP contribution in [0.1, 0.15) is 185 Å². The van der Waals surface area contributed by atoms with Crippen LogP contribution >= 0.6 is 0 Å². The summed E-state index contributed by atoms with van der Waals surface area (Å²) >= 11 is 0. The van der Waals surface area contributed by atoms with Crippen LogP contribution in [0.25, 0.3) is 0 Å². The number of phenols is 6. The first kappa shape index (κ1) is 55.9. The third kappa shape index (κ3) is 7.67. The van der Waals surface area contributed by atoms with E-state index in [1.54, 1.807) is 13.8 Å². The van der Waals surface area contributed by atoms with E-state index in [0.29, 0.717) is 0 Å². The van der Waals surface area contributed by atoms with Crippen LogP contribution in [0.4, 0.5) is 0 Å². The minimum Gasteiger partial charge on any atom is -0.507 e. The van der Waals surface area contributed by atoms with Crippen molar-refractivity contribution in [2.24, 2.45) is 11.8 Å². The maximum absolute atomic E-state index is 16.0. The third-order valence-corrected chi connectivity index (χ3v) is 15.9. The predicted octanol–water partition coefficient (Wildman–Crippen LogP) is 7.83. The van der Waals surface area contributed by atoms with Crippen molar-refractivity contribution >= 4 is 53.0 Å². The molecule has 0 spiro atoms. The van der Waals surface area contributed by atoms with E-state index in [1.807, 2.05) is 0 Å². The van der Waals surface area contributed by atoms with Gasteiger partial charge in [-0.2, -0.15) is 0 Å². The van der Waals surface area contributed by atoms with Gasteiger partial charge in [-0.3, -0.25) is 28.8 Å². The van der Waals surface area contributed by atoms with E-state index in [-0.39, 0.29) is 46.2 Å². The zero-order chi connectivity index (χ0) is 59.4. The lowest BCUT2D eigenvalue weighted by Gasteiger charge is -2.44. The van der Waals surface area contributed by atoms with Gasteiger partial charge in [0.1, 0.15) is 51.2 Å². The van der Waals surface area contributed by atoms with Gasteiger partial charge in [0.25, 0.3) is 0 Å². The predicted molar refractivity (Wildman–Crippen MR) is 281 cm³/mol. The van der Waals surface area contributed by atoms with Crippen LogP contribution in [0.5, 0.6) is 34.5 Å². The Labute approximate surface area is 461 Å². The van der Waals surface area contributed by atoms with Crippen molar-refractivity contribution in [3.05, 3.63) is 172 Å². The minimum atomic E-state index is -2.85. The second kappa shape index (κ2) is 19.8. The SMILES string of the molecule is CC[C@@H](C)C(=O)O[C@]1(c2ccc3c(c2O)C(=O)c2c(cc(O)c(C(=O)OC)c2C)C3=O)c2cc(O)c(C(=O)OC)c(C)c2C(=O)c2c1ccc([C@]1(OC(=O)[C@H](C)CC)c3cccc(O)c3C(=O)c3c1cc(O)c(C(=O)OC)c3C)c2O. The monoisotopic (exact) mass is 1100 g/mol. The Hall–Kier alpha value is -9.85. The maximum atomic E-state index is 16.0. The number of ketones is 4. The van der Waals surface area contributed by atoms with Gasteiger partial charge >= 0.3 is 29.8 Å². The molecule has 0 unspecified atom stereocenters. The number of fused-ring (bicyclic) bond motifs is 6. The smallest absolute Gasteiger partial charge is 0.341 e. The number of ether oxygens (including phenoxy) is 5.